The Morgan fingerprint density at radius 2 is 1.93 bits per heavy atom. The third kappa shape index (κ3) is 6.06. The van der Waals surface area contributed by atoms with E-state index in [2.05, 4.69) is 39.1 Å². The molecule has 0 aromatic carbocycles. The van der Waals surface area contributed by atoms with Gasteiger partial charge in [-0.2, -0.15) is 17.0 Å². The molecule has 0 fully saturated rings. The van der Waals surface area contributed by atoms with Gasteiger partial charge in [-0.1, -0.05) is 27.7 Å². The zero-order chi connectivity index (χ0) is 11.9. The van der Waals surface area contributed by atoms with E-state index in [9.17, 15) is 0 Å². The number of nitrogens with one attached hydrogen (secondary N) is 1. The molecule has 0 saturated carbocycles. The van der Waals surface area contributed by atoms with Crippen LogP contribution in [0.5, 0.6) is 0 Å². The Morgan fingerprint density at radius 1 is 1.33 bits per heavy atom. The average Bonchev–Trinajstić information content (AvgIpc) is 2.18. The van der Waals surface area contributed by atoms with Crippen molar-refractivity contribution in [3.63, 3.8) is 0 Å². The zero-order valence-electron chi connectivity index (χ0n) is 10.7. The molecule has 1 N–H and O–H groups in total. The number of thioether (sulfide) groups is 1. The lowest BCUT2D eigenvalue weighted by Gasteiger charge is -2.25. The molecule has 3 heteroatoms. The van der Waals surface area contributed by atoms with Crippen LogP contribution in [0.3, 0.4) is 0 Å². The molecule has 88 valence electrons. The first-order valence-electron chi connectivity index (χ1n) is 5.63. The van der Waals surface area contributed by atoms with Crippen molar-refractivity contribution in [3.05, 3.63) is 0 Å². The van der Waals surface area contributed by atoms with E-state index in [0.717, 1.165) is 25.0 Å². The SMILES string of the molecule is CCC(C#N)(CCCSC(C)(C)C)NC. The summed E-state index contributed by atoms with van der Waals surface area (Å²) >= 11 is 1.97. The van der Waals surface area contributed by atoms with Gasteiger partial charge in [-0.25, -0.2) is 0 Å². The van der Waals surface area contributed by atoms with Crippen molar-refractivity contribution in [1.82, 2.24) is 5.32 Å². The van der Waals surface area contributed by atoms with Crippen molar-refractivity contribution >= 4 is 11.8 Å². The van der Waals surface area contributed by atoms with E-state index in [1.165, 1.54) is 0 Å². The maximum absolute atomic E-state index is 9.12. The van der Waals surface area contributed by atoms with E-state index >= 15 is 0 Å². The van der Waals surface area contributed by atoms with Gasteiger partial charge in [0.1, 0.15) is 5.54 Å². The lowest BCUT2D eigenvalue weighted by Crippen LogP contribution is -2.40. The van der Waals surface area contributed by atoms with E-state index < -0.39 is 0 Å². The summed E-state index contributed by atoms with van der Waals surface area (Å²) in [5.74, 6) is 1.13. The van der Waals surface area contributed by atoms with Crippen LogP contribution in [0.2, 0.25) is 0 Å². The highest BCUT2D eigenvalue weighted by atomic mass is 32.2. The molecule has 0 radical (unpaired) electrons. The first-order valence-corrected chi connectivity index (χ1v) is 6.62. The van der Waals surface area contributed by atoms with Crippen molar-refractivity contribution in [2.75, 3.05) is 12.8 Å². The molecule has 0 aliphatic rings. The summed E-state index contributed by atoms with van der Waals surface area (Å²) in [6.07, 6.45) is 2.92. The van der Waals surface area contributed by atoms with Gasteiger partial charge in [0.15, 0.2) is 0 Å². The van der Waals surface area contributed by atoms with E-state index in [1.807, 2.05) is 18.8 Å². The highest BCUT2D eigenvalue weighted by molar-refractivity contribution is 8.00. The standard InChI is InChI=1S/C12H24N2S/c1-6-12(10-13,14-5)8-7-9-15-11(2,3)4/h14H,6-9H2,1-5H3. The second-order valence-electron chi connectivity index (χ2n) is 4.86. The molecule has 0 bridgehead atoms. The Kier molecular flexibility index (Phi) is 6.31. The summed E-state index contributed by atoms with van der Waals surface area (Å²) in [6, 6.07) is 2.39. The minimum absolute atomic E-state index is 0.307. The normalized spacial score (nSPS) is 15.7. The van der Waals surface area contributed by atoms with Crippen LogP contribution >= 0.6 is 11.8 Å². The quantitative estimate of drug-likeness (QED) is 0.709. The number of hydrogen-bond donors (Lipinski definition) is 1. The molecule has 0 saturated heterocycles. The number of nitriles is 1. The van der Waals surface area contributed by atoms with Gasteiger partial charge in [0.05, 0.1) is 6.07 Å². The predicted octanol–water partition coefficient (Wildman–Crippen LogP) is 3.19. The first-order chi connectivity index (χ1) is 6.89. The molecular formula is C12H24N2S. The van der Waals surface area contributed by atoms with Crippen LogP contribution in [0.1, 0.15) is 47.0 Å². The predicted molar refractivity (Wildman–Crippen MR) is 69.1 cm³/mol. The smallest absolute Gasteiger partial charge is 0.106 e. The fourth-order valence-corrected chi connectivity index (χ4v) is 2.32. The maximum Gasteiger partial charge on any atom is 0.106 e. The highest BCUT2D eigenvalue weighted by Crippen LogP contribution is 2.26. The topological polar surface area (TPSA) is 35.8 Å². The van der Waals surface area contributed by atoms with E-state index in [1.54, 1.807) is 0 Å². The van der Waals surface area contributed by atoms with Gasteiger partial charge < -0.3 is 5.32 Å². The van der Waals surface area contributed by atoms with E-state index in [0.29, 0.717) is 4.75 Å². The van der Waals surface area contributed by atoms with Gasteiger partial charge >= 0.3 is 0 Å². The summed E-state index contributed by atoms with van der Waals surface area (Å²) in [5, 5.41) is 12.3. The fraction of sp³-hybridized carbons (Fsp3) is 0.917. The fourth-order valence-electron chi connectivity index (χ4n) is 1.42. The van der Waals surface area contributed by atoms with Crippen LogP contribution < -0.4 is 5.32 Å². The Morgan fingerprint density at radius 3 is 2.27 bits per heavy atom. The Hall–Kier alpha value is -0.200. The summed E-state index contributed by atoms with van der Waals surface area (Å²) in [7, 11) is 1.88. The van der Waals surface area contributed by atoms with Crippen molar-refractivity contribution in [2.45, 2.75) is 57.2 Å². The lowest BCUT2D eigenvalue weighted by atomic mass is 9.93. The largest absolute Gasteiger partial charge is 0.302 e. The van der Waals surface area contributed by atoms with Crippen LogP contribution in [-0.4, -0.2) is 23.1 Å². The Balaban J connectivity index is 3.89. The van der Waals surface area contributed by atoms with Crippen LogP contribution in [0.25, 0.3) is 0 Å². The zero-order valence-corrected chi connectivity index (χ0v) is 11.5. The lowest BCUT2D eigenvalue weighted by molar-refractivity contribution is 0.400. The highest BCUT2D eigenvalue weighted by Gasteiger charge is 2.24. The van der Waals surface area contributed by atoms with E-state index in [-0.39, 0.29) is 5.54 Å². The van der Waals surface area contributed by atoms with Crippen molar-refractivity contribution in [1.29, 1.82) is 5.26 Å². The van der Waals surface area contributed by atoms with Gasteiger partial charge in [-0.15, -0.1) is 0 Å². The third-order valence-electron chi connectivity index (χ3n) is 2.58. The molecule has 0 rings (SSSR count). The molecule has 0 aliphatic carbocycles. The molecule has 0 aliphatic heterocycles. The number of rotatable bonds is 6. The summed E-state index contributed by atoms with van der Waals surface area (Å²) in [5.41, 5.74) is -0.307. The van der Waals surface area contributed by atoms with Crippen LogP contribution in [0.4, 0.5) is 0 Å². The van der Waals surface area contributed by atoms with Gasteiger partial charge in [0.2, 0.25) is 0 Å². The first kappa shape index (κ1) is 14.8. The maximum atomic E-state index is 9.12. The van der Waals surface area contributed by atoms with Crippen LogP contribution in [0, 0.1) is 11.3 Å². The van der Waals surface area contributed by atoms with Gasteiger partial charge in [-0.3, -0.25) is 0 Å². The van der Waals surface area contributed by atoms with Crippen molar-refractivity contribution < 1.29 is 0 Å². The van der Waals surface area contributed by atoms with Crippen molar-refractivity contribution in [3.8, 4) is 6.07 Å². The van der Waals surface area contributed by atoms with Crippen LogP contribution in [0.15, 0.2) is 0 Å². The molecule has 2 nitrogen and oxygen atoms in total. The molecule has 1 unspecified atom stereocenters. The second kappa shape index (κ2) is 6.40. The van der Waals surface area contributed by atoms with Crippen molar-refractivity contribution in [2.24, 2.45) is 0 Å². The number of nitrogens with zero attached hydrogens (tertiary/aromatic N) is 1. The minimum Gasteiger partial charge on any atom is -0.302 e. The Bertz CT molecular complexity index is 209. The second-order valence-corrected chi connectivity index (χ2v) is 6.78. The van der Waals surface area contributed by atoms with Gasteiger partial charge in [0.25, 0.3) is 0 Å². The minimum atomic E-state index is -0.307. The molecule has 0 amide bonds. The third-order valence-corrected chi connectivity index (χ3v) is 3.94. The molecule has 0 heterocycles. The molecule has 0 aromatic heterocycles. The van der Waals surface area contributed by atoms with E-state index in [4.69, 9.17) is 5.26 Å². The molecule has 0 spiro atoms. The summed E-state index contributed by atoms with van der Waals surface area (Å²) in [6.45, 7) is 8.75. The van der Waals surface area contributed by atoms with Gasteiger partial charge in [-0.05, 0) is 32.1 Å². The molecular weight excluding hydrogens is 204 g/mol. The Labute approximate surface area is 98.8 Å². The van der Waals surface area contributed by atoms with Gasteiger partial charge in [0, 0.05) is 4.75 Å². The van der Waals surface area contributed by atoms with Crippen LogP contribution in [-0.2, 0) is 0 Å². The molecule has 15 heavy (non-hydrogen) atoms. The summed E-state index contributed by atoms with van der Waals surface area (Å²) in [4.78, 5) is 0. The summed E-state index contributed by atoms with van der Waals surface area (Å²) < 4.78 is 0.334. The monoisotopic (exact) mass is 228 g/mol. The number of hydrogen-bond acceptors (Lipinski definition) is 3. The molecule has 1 atom stereocenters. The molecule has 0 aromatic rings. The average molecular weight is 228 g/mol.